The van der Waals surface area contributed by atoms with Gasteiger partial charge in [-0.1, -0.05) is 0 Å². The van der Waals surface area contributed by atoms with Gasteiger partial charge >= 0.3 is 0 Å². The average Bonchev–Trinajstić information content (AvgIpc) is 2.55. The Labute approximate surface area is 75.4 Å². The molecule has 2 aromatic rings. The molecule has 0 spiro atoms. The maximum Gasteiger partial charge on any atom is 0.134 e. The molecule has 62 valence electrons. The van der Waals surface area contributed by atoms with Gasteiger partial charge in [0, 0.05) is 5.39 Å². The molecule has 2 heteroatoms. The number of hydrogen-bond acceptors (Lipinski definition) is 2. The number of fused-ring (bicyclic) bond motifs is 2. The van der Waals surface area contributed by atoms with Crippen molar-refractivity contribution in [3.05, 3.63) is 35.6 Å². The molecule has 0 radical (unpaired) electrons. The van der Waals surface area contributed by atoms with Crippen LogP contribution in [0.4, 0.5) is 0 Å². The monoisotopic (exact) mass is 169 g/mol. The molecule has 1 atom stereocenters. The zero-order valence-electron chi connectivity index (χ0n) is 6.95. The molecule has 1 aromatic heterocycles. The third-order valence-corrected chi connectivity index (χ3v) is 2.67. The molecular formula is C11H7NO. The summed E-state index contributed by atoms with van der Waals surface area (Å²) in [6, 6.07) is 8.33. The smallest absolute Gasteiger partial charge is 0.134 e. The van der Waals surface area contributed by atoms with Crippen LogP contribution in [-0.2, 0) is 6.42 Å². The Morgan fingerprint density at radius 3 is 3.23 bits per heavy atom. The van der Waals surface area contributed by atoms with Gasteiger partial charge in [0.05, 0.1) is 18.3 Å². The van der Waals surface area contributed by atoms with Crippen molar-refractivity contribution in [3.8, 4) is 6.07 Å². The van der Waals surface area contributed by atoms with E-state index < -0.39 is 0 Å². The molecule has 1 aliphatic rings. The molecule has 0 amide bonds. The highest BCUT2D eigenvalue weighted by atomic mass is 16.3. The van der Waals surface area contributed by atoms with Crippen LogP contribution in [0, 0.1) is 11.3 Å². The van der Waals surface area contributed by atoms with Crippen LogP contribution in [0.1, 0.15) is 17.0 Å². The minimum Gasteiger partial charge on any atom is -0.464 e. The van der Waals surface area contributed by atoms with E-state index in [-0.39, 0.29) is 5.92 Å². The zero-order valence-corrected chi connectivity index (χ0v) is 6.95. The predicted molar refractivity (Wildman–Crippen MR) is 48.3 cm³/mol. The van der Waals surface area contributed by atoms with Gasteiger partial charge in [0.1, 0.15) is 5.58 Å². The number of furan rings is 1. The van der Waals surface area contributed by atoms with Crippen LogP contribution in [0.15, 0.2) is 28.9 Å². The molecule has 3 rings (SSSR count). The summed E-state index contributed by atoms with van der Waals surface area (Å²) in [5.41, 5.74) is 3.32. The Bertz CT molecular complexity index is 518. The van der Waals surface area contributed by atoms with Crippen LogP contribution in [0.2, 0.25) is 0 Å². The Hall–Kier alpha value is -1.75. The maximum absolute atomic E-state index is 8.77. The van der Waals surface area contributed by atoms with Crippen molar-refractivity contribution in [2.45, 2.75) is 12.3 Å². The van der Waals surface area contributed by atoms with Gasteiger partial charge in [-0.15, -0.1) is 0 Å². The summed E-state index contributed by atoms with van der Waals surface area (Å²) in [4.78, 5) is 0. The highest BCUT2D eigenvalue weighted by molar-refractivity contribution is 5.80. The average molecular weight is 169 g/mol. The zero-order chi connectivity index (χ0) is 8.84. The lowest BCUT2D eigenvalue weighted by atomic mass is 9.78. The van der Waals surface area contributed by atoms with Crippen LogP contribution >= 0.6 is 0 Å². The summed E-state index contributed by atoms with van der Waals surface area (Å²) in [5.74, 6) is 0.0875. The molecule has 13 heavy (non-hydrogen) atoms. The minimum atomic E-state index is 0.0875. The normalized spacial score (nSPS) is 19.2. The van der Waals surface area contributed by atoms with Gasteiger partial charge in [-0.3, -0.25) is 0 Å². The number of hydrogen-bond donors (Lipinski definition) is 0. The standard InChI is InChI=1S/C11H7NO/c12-6-9-4-8-3-7-1-2-13-11(7)5-10(8)9/h1-3,5,9H,4H2. The van der Waals surface area contributed by atoms with Gasteiger partial charge in [-0.05, 0) is 35.7 Å². The van der Waals surface area contributed by atoms with Crippen molar-refractivity contribution in [2.75, 3.05) is 0 Å². The first-order valence-electron chi connectivity index (χ1n) is 4.28. The highest BCUT2D eigenvalue weighted by Crippen LogP contribution is 2.37. The predicted octanol–water partition coefficient (Wildman–Crippen LogP) is 2.60. The quantitative estimate of drug-likeness (QED) is 0.607. The van der Waals surface area contributed by atoms with Crippen molar-refractivity contribution in [3.63, 3.8) is 0 Å². The van der Waals surface area contributed by atoms with E-state index in [4.69, 9.17) is 9.68 Å². The maximum atomic E-state index is 8.77. The molecule has 1 aliphatic carbocycles. The first-order chi connectivity index (χ1) is 6.38. The van der Waals surface area contributed by atoms with E-state index in [1.165, 1.54) is 5.56 Å². The number of nitrogens with zero attached hydrogens (tertiary/aromatic N) is 1. The van der Waals surface area contributed by atoms with Crippen molar-refractivity contribution in [1.82, 2.24) is 0 Å². The van der Waals surface area contributed by atoms with Gasteiger partial charge in [0.2, 0.25) is 0 Å². The summed E-state index contributed by atoms with van der Waals surface area (Å²) < 4.78 is 5.27. The molecule has 1 heterocycles. The first-order valence-corrected chi connectivity index (χ1v) is 4.28. The van der Waals surface area contributed by atoms with E-state index in [0.717, 1.165) is 23.0 Å². The lowest BCUT2D eigenvalue weighted by Gasteiger charge is -2.23. The van der Waals surface area contributed by atoms with E-state index in [1.807, 2.05) is 12.1 Å². The molecule has 0 N–H and O–H groups in total. The summed E-state index contributed by atoms with van der Waals surface area (Å²) >= 11 is 0. The number of rotatable bonds is 0. The lowest BCUT2D eigenvalue weighted by molar-refractivity contribution is 0.613. The van der Waals surface area contributed by atoms with Crippen LogP contribution in [0.5, 0.6) is 0 Å². The number of benzene rings is 1. The van der Waals surface area contributed by atoms with E-state index in [9.17, 15) is 0 Å². The molecule has 0 saturated heterocycles. The van der Waals surface area contributed by atoms with Gasteiger partial charge in [0.15, 0.2) is 0 Å². The topological polar surface area (TPSA) is 36.9 Å². The van der Waals surface area contributed by atoms with Crippen molar-refractivity contribution in [1.29, 1.82) is 5.26 Å². The molecule has 0 bridgehead atoms. The molecule has 0 aliphatic heterocycles. The third kappa shape index (κ3) is 0.762. The van der Waals surface area contributed by atoms with Crippen LogP contribution < -0.4 is 0 Å². The SMILES string of the molecule is N#CC1Cc2cc3ccoc3cc21. The summed E-state index contributed by atoms with van der Waals surface area (Å²) in [5, 5.41) is 9.91. The molecule has 1 unspecified atom stereocenters. The fourth-order valence-electron chi connectivity index (χ4n) is 1.89. The van der Waals surface area contributed by atoms with Crippen LogP contribution in [0.25, 0.3) is 11.0 Å². The molecule has 0 fully saturated rings. The van der Waals surface area contributed by atoms with Gasteiger partial charge in [-0.25, -0.2) is 0 Å². The van der Waals surface area contributed by atoms with Crippen molar-refractivity contribution in [2.24, 2.45) is 0 Å². The summed E-state index contributed by atoms with van der Waals surface area (Å²) in [6.45, 7) is 0. The van der Waals surface area contributed by atoms with Gasteiger partial charge < -0.3 is 4.42 Å². The Morgan fingerprint density at radius 1 is 1.46 bits per heavy atom. The third-order valence-electron chi connectivity index (χ3n) is 2.67. The molecule has 1 aromatic carbocycles. The fourth-order valence-corrected chi connectivity index (χ4v) is 1.89. The molecule has 2 nitrogen and oxygen atoms in total. The highest BCUT2D eigenvalue weighted by Gasteiger charge is 2.26. The van der Waals surface area contributed by atoms with E-state index in [1.54, 1.807) is 6.26 Å². The van der Waals surface area contributed by atoms with E-state index in [2.05, 4.69) is 12.1 Å². The fraction of sp³-hybridized carbons (Fsp3) is 0.182. The van der Waals surface area contributed by atoms with E-state index in [0.29, 0.717) is 0 Å². The molecular weight excluding hydrogens is 162 g/mol. The Morgan fingerprint density at radius 2 is 2.38 bits per heavy atom. The summed E-state index contributed by atoms with van der Waals surface area (Å²) in [6.07, 6.45) is 2.58. The largest absolute Gasteiger partial charge is 0.464 e. The van der Waals surface area contributed by atoms with Crippen LogP contribution in [0.3, 0.4) is 0 Å². The summed E-state index contributed by atoms with van der Waals surface area (Å²) in [7, 11) is 0. The minimum absolute atomic E-state index is 0.0875. The Kier molecular flexibility index (Phi) is 1.11. The van der Waals surface area contributed by atoms with Gasteiger partial charge in [0.25, 0.3) is 0 Å². The molecule has 0 saturated carbocycles. The second kappa shape index (κ2) is 2.14. The van der Waals surface area contributed by atoms with Gasteiger partial charge in [-0.2, -0.15) is 5.26 Å². The van der Waals surface area contributed by atoms with E-state index >= 15 is 0 Å². The second-order valence-electron chi connectivity index (χ2n) is 3.40. The number of nitriles is 1. The lowest BCUT2D eigenvalue weighted by Crippen LogP contribution is -2.14. The van der Waals surface area contributed by atoms with Crippen molar-refractivity contribution < 1.29 is 4.42 Å². The Balaban J connectivity index is 2.29. The first kappa shape index (κ1) is 6.73. The van der Waals surface area contributed by atoms with Crippen molar-refractivity contribution >= 4 is 11.0 Å². The second-order valence-corrected chi connectivity index (χ2v) is 3.40. The van der Waals surface area contributed by atoms with Crippen LogP contribution in [-0.4, -0.2) is 0 Å².